The summed E-state index contributed by atoms with van der Waals surface area (Å²) in [4.78, 5) is 20.0. The summed E-state index contributed by atoms with van der Waals surface area (Å²) in [6.45, 7) is 9.54. The van der Waals surface area contributed by atoms with Crippen molar-refractivity contribution in [1.29, 1.82) is 0 Å². The molecule has 2 N–H and O–H groups in total. The molecular formula is C24H27N3O4S. The quantitative estimate of drug-likeness (QED) is 0.277. The molecule has 3 aromatic rings. The number of benzene rings is 2. The van der Waals surface area contributed by atoms with Crippen LogP contribution in [0.15, 0.2) is 79.1 Å². The molecule has 32 heavy (non-hydrogen) atoms. The maximum atomic E-state index is 12.8. The highest BCUT2D eigenvalue weighted by atomic mass is 32.2. The lowest BCUT2D eigenvalue weighted by Gasteiger charge is -2.06. The molecule has 0 unspecified atom stereocenters. The van der Waals surface area contributed by atoms with Crippen LogP contribution in [0.3, 0.4) is 0 Å². The first-order chi connectivity index (χ1) is 15.3. The molecule has 0 atom stereocenters. The molecule has 0 bridgehead atoms. The predicted octanol–water partition coefficient (Wildman–Crippen LogP) is 5.22. The van der Waals surface area contributed by atoms with Crippen molar-refractivity contribution in [3.63, 3.8) is 0 Å². The Bertz CT molecular complexity index is 1250. The Labute approximate surface area is 188 Å². The van der Waals surface area contributed by atoms with Gasteiger partial charge in [0.1, 0.15) is 11.5 Å². The molecule has 0 aliphatic rings. The first kappa shape index (κ1) is 24.6. The zero-order chi connectivity index (χ0) is 23.7. The van der Waals surface area contributed by atoms with Gasteiger partial charge in [0.05, 0.1) is 23.0 Å². The van der Waals surface area contributed by atoms with E-state index in [2.05, 4.69) is 21.3 Å². The molecule has 7 nitrogen and oxygen atoms in total. The van der Waals surface area contributed by atoms with E-state index in [9.17, 15) is 13.2 Å². The second-order valence-corrected chi connectivity index (χ2v) is 8.20. The van der Waals surface area contributed by atoms with Gasteiger partial charge in [-0.25, -0.2) is 13.4 Å². The first-order valence-corrected chi connectivity index (χ1v) is 11.9. The van der Waals surface area contributed by atoms with E-state index in [-0.39, 0.29) is 11.6 Å². The van der Waals surface area contributed by atoms with E-state index < -0.39 is 10.0 Å². The number of fused-ring (bicyclic) bond motifs is 1. The number of aromatic amines is 1. The van der Waals surface area contributed by atoms with E-state index in [1.165, 1.54) is 0 Å². The fraction of sp³-hybridized carbons (Fsp3) is 0.167. The molecule has 1 heterocycles. The molecule has 3 rings (SSSR count). The van der Waals surface area contributed by atoms with Crippen molar-refractivity contribution < 1.29 is 17.9 Å². The van der Waals surface area contributed by atoms with Gasteiger partial charge in [0.15, 0.2) is 5.82 Å². The van der Waals surface area contributed by atoms with E-state index in [0.29, 0.717) is 33.8 Å². The number of nitrogens with zero attached hydrogens (tertiary/aromatic N) is 1. The summed E-state index contributed by atoms with van der Waals surface area (Å²) >= 11 is 0. The van der Waals surface area contributed by atoms with Gasteiger partial charge in [0, 0.05) is 5.56 Å². The number of ether oxygens (including phenoxy) is 1. The Kier molecular flexibility index (Phi) is 8.54. The number of hydrogen-bond acceptors (Lipinski definition) is 5. The van der Waals surface area contributed by atoms with Crippen LogP contribution in [-0.4, -0.2) is 30.4 Å². The predicted molar refractivity (Wildman–Crippen MR) is 130 cm³/mol. The second-order valence-electron chi connectivity index (χ2n) is 6.45. The summed E-state index contributed by atoms with van der Waals surface area (Å²) in [6, 6.07) is 11.5. The number of carbonyl (C=O) groups is 1. The minimum Gasteiger partial charge on any atom is -0.457 e. The third-order valence-electron chi connectivity index (χ3n) is 3.97. The number of sulfonamides is 1. The van der Waals surface area contributed by atoms with E-state index in [1.54, 1.807) is 54.6 Å². The van der Waals surface area contributed by atoms with E-state index in [0.717, 1.165) is 6.26 Å². The number of rotatable bonds is 8. The molecule has 168 valence electrons. The molecule has 0 amide bonds. The highest BCUT2D eigenvalue weighted by molar-refractivity contribution is 7.92. The normalized spacial score (nSPS) is 11.7. The molecule has 2 aromatic carbocycles. The Hall–Kier alpha value is -3.65. The maximum absolute atomic E-state index is 12.8. The fourth-order valence-corrected chi connectivity index (χ4v) is 3.30. The minimum absolute atomic E-state index is 0.163. The van der Waals surface area contributed by atoms with Crippen molar-refractivity contribution in [3.05, 3.63) is 90.5 Å². The third-order valence-corrected chi connectivity index (χ3v) is 4.57. The number of imidazole rings is 1. The van der Waals surface area contributed by atoms with Crippen LogP contribution in [0.4, 0.5) is 5.69 Å². The van der Waals surface area contributed by atoms with E-state index in [4.69, 9.17) is 4.74 Å². The molecule has 0 saturated carbocycles. The number of aromatic nitrogens is 2. The fourth-order valence-electron chi connectivity index (χ4n) is 2.75. The average Bonchev–Trinajstić information content (AvgIpc) is 3.18. The van der Waals surface area contributed by atoms with Gasteiger partial charge in [0.2, 0.25) is 15.8 Å². The van der Waals surface area contributed by atoms with Crippen LogP contribution >= 0.6 is 0 Å². The molecular weight excluding hydrogens is 426 g/mol. The van der Waals surface area contributed by atoms with Gasteiger partial charge in [-0.05, 0) is 61.5 Å². The number of hydrogen-bond donors (Lipinski definition) is 2. The first-order valence-electron chi connectivity index (χ1n) is 10.0. The van der Waals surface area contributed by atoms with Crippen LogP contribution in [-0.2, 0) is 10.0 Å². The Morgan fingerprint density at radius 2 is 1.84 bits per heavy atom. The van der Waals surface area contributed by atoms with Crippen molar-refractivity contribution in [2.45, 2.75) is 20.8 Å². The number of carbonyl (C=O) groups excluding carboxylic acids is 1. The van der Waals surface area contributed by atoms with Crippen LogP contribution in [0, 0.1) is 0 Å². The van der Waals surface area contributed by atoms with Gasteiger partial charge >= 0.3 is 0 Å². The van der Waals surface area contributed by atoms with Crippen LogP contribution in [0.1, 0.15) is 37.0 Å². The van der Waals surface area contributed by atoms with Crippen LogP contribution in [0.25, 0.3) is 11.0 Å². The SMILES string of the molecule is C=C/C=C(\C=C/C)Oc1ccc(C(=O)c2nc3ccc(NS(C)(=O)=O)cc3[nH]2)cc1.CC. The van der Waals surface area contributed by atoms with Gasteiger partial charge in [-0.3, -0.25) is 9.52 Å². The molecule has 0 fully saturated rings. The van der Waals surface area contributed by atoms with Crippen LogP contribution in [0.5, 0.6) is 5.75 Å². The second kappa shape index (κ2) is 11.1. The molecule has 0 aliphatic heterocycles. The number of H-pyrrole nitrogens is 1. The molecule has 0 aliphatic carbocycles. The Morgan fingerprint density at radius 1 is 1.16 bits per heavy atom. The van der Waals surface area contributed by atoms with E-state index in [1.807, 2.05) is 32.9 Å². The average molecular weight is 454 g/mol. The van der Waals surface area contributed by atoms with Gasteiger partial charge < -0.3 is 9.72 Å². The molecule has 8 heteroatoms. The van der Waals surface area contributed by atoms with Gasteiger partial charge in [-0.15, -0.1) is 0 Å². The minimum atomic E-state index is -3.40. The van der Waals surface area contributed by atoms with Crippen LogP contribution < -0.4 is 9.46 Å². The van der Waals surface area contributed by atoms with Gasteiger partial charge in [0.25, 0.3) is 0 Å². The maximum Gasteiger partial charge on any atom is 0.229 e. The lowest BCUT2D eigenvalue weighted by Crippen LogP contribution is -2.09. The summed E-state index contributed by atoms with van der Waals surface area (Å²) in [5.41, 5.74) is 1.94. The highest BCUT2D eigenvalue weighted by Crippen LogP contribution is 2.21. The number of ketones is 1. The number of nitrogens with one attached hydrogen (secondary N) is 2. The molecule has 0 radical (unpaired) electrons. The van der Waals surface area contributed by atoms with Crippen molar-refractivity contribution in [3.8, 4) is 5.75 Å². The van der Waals surface area contributed by atoms with Crippen molar-refractivity contribution >= 4 is 32.5 Å². The molecule has 0 spiro atoms. The van der Waals surface area contributed by atoms with E-state index >= 15 is 0 Å². The number of allylic oxidation sites excluding steroid dienone is 4. The lowest BCUT2D eigenvalue weighted by molar-refractivity contribution is 0.103. The Balaban J connectivity index is 0.00000176. The topological polar surface area (TPSA) is 101 Å². The number of anilines is 1. The van der Waals surface area contributed by atoms with Gasteiger partial charge in [-0.2, -0.15) is 0 Å². The van der Waals surface area contributed by atoms with Gasteiger partial charge in [-0.1, -0.05) is 32.6 Å². The standard InChI is InChI=1S/C22H21N3O4S.C2H6/c1-4-6-17(7-5-2)29-18-11-8-15(9-12-18)21(26)22-23-19-13-10-16(14-20(19)24-22)25-30(3,27)28;1-2/h4-14,25H,1H2,2-3H3,(H,23,24);1-2H3/b7-5-,17-6+;. The monoisotopic (exact) mass is 453 g/mol. The van der Waals surface area contributed by atoms with Crippen LogP contribution in [0.2, 0.25) is 0 Å². The Morgan fingerprint density at radius 3 is 2.44 bits per heavy atom. The van der Waals surface area contributed by atoms with Crippen molar-refractivity contribution in [1.82, 2.24) is 9.97 Å². The summed E-state index contributed by atoms with van der Waals surface area (Å²) in [5, 5.41) is 0. The lowest BCUT2D eigenvalue weighted by atomic mass is 10.1. The zero-order valence-electron chi connectivity index (χ0n) is 18.5. The highest BCUT2D eigenvalue weighted by Gasteiger charge is 2.15. The van der Waals surface area contributed by atoms with Crippen molar-refractivity contribution in [2.24, 2.45) is 0 Å². The third kappa shape index (κ3) is 6.68. The smallest absolute Gasteiger partial charge is 0.229 e. The summed E-state index contributed by atoms with van der Waals surface area (Å²) in [5.74, 6) is 1.09. The zero-order valence-corrected chi connectivity index (χ0v) is 19.4. The summed E-state index contributed by atoms with van der Waals surface area (Å²) < 4.78 is 30.9. The summed E-state index contributed by atoms with van der Waals surface area (Å²) in [6.07, 6.45) is 8.10. The van der Waals surface area contributed by atoms with Crippen molar-refractivity contribution in [2.75, 3.05) is 11.0 Å². The molecule has 1 aromatic heterocycles. The molecule has 0 saturated heterocycles. The summed E-state index contributed by atoms with van der Waals surface area (Å²) in [7, 11) is -3.40. The largest absolute Gasteiger partial charge is 0.457 e.